The molecular weight excluding hydrogens is 429 g/mol. The highest BCUT2D eigenvalue weighted by atomic mass is 19.4. The number of carbonyl (C=O) groups excluding carboxylic acids is 1. The average Bonchev–Trinajstić information content (AvgIpc) is 3.45. The first kappa shape index (κ1) is 21.6. The molecule has 0 aliphatic carbocycles. The van der Waals surface area contributed by atoms with E-state index in [-0.39, 0.29) is 24.5 Å². The topological polar surface area (TPSA) is 90.5 Å². The first-order valence-electron chi connectivity index (χ1n) is 9.75. The van der Waals surface area contributed by atoms with Crippen molar-refractivity contribution in [3.05, 3.63) is 59.7 Å². The maximum Gasteiger partial charge on any atom is 0.410 e. The number of carbonyl (C=O) groups is 1. The molecule has 1 aliphatic rings. The van der Waals surface area contributed by atoms with Gasteiger partial charge in [0, 0.05) is 19.0 Å². The Kier molecular flexibility index (Phi) is 5.72. The third kappa shape index (κ3) is 4.23. The van der Waals surface area contributed by atoms with Gasteiger partial charge in [0.1, 0.15) is 11.6 Å². The minimum Gasteiger partial charge on any atom is -0.493 e. The van der Waals surface area contributed by atoms with E-state index in [9.17, 15) is 18.0 Å². The van der Waals surface area contributed by atoms with Crippen LogP contribution in [0.2, 0.25) is 0 Å². The fourth-order valence-corrected chi connectivity index (χ4v) is 3.62. The number of fused-ring (bicyclic) bond motifs is 1. The number of hydrogen-bond acceptors (Lipinski definition) is 6. The van der Waals surface area contributed by atoms with Gasteiger partial charge in [0.2, 0.25) is 0 Å². The van der Waals surface area contributed by atoms with Crippen molar-refractivity contribution in [1.29, 1.82) is 0 Å². The maximum atomic E-state index is 13.7. The van der Waals surface area contributed by atoms with Gasteiger partial charge in [-0.3, -0.25) is 4.79 Å². The smallest absolute Gasteiger partial charge is 0.410 e. The molecule has 32 heavy (non-hydrogen) atoms. The van der Waals surface area contributed by atoms with E-state index in [1.807, 2.05) is 0 Å². The zero-order valence-corrected chi connectivity index (χ0v) is 17.3. The Morgan fingerprint density at radius 1 is 1.25 bits per heavy atom. The van der Waals surface area contributed by atoms with Crippen LogP contribution in [0.25, 0.3) is 0 Å². The van der Waals surface area contributed by atoms with Crippen molar-refractivity contribution in [1.82, 2.24) is 15.1 Å². The predicted molar refractivity (Wildman–Crippen MR) is 108 cm³/mol. The van der Waals surface area contributed by atoms with Crippen LogP contribution in [0.1, 0.15) is 40.3 Å². The van der Waals surface area contributed by atoms with Gasteiger partial charge < -0.3 is 24.5 Å². The number of furan rings is 1. The fraction of sp³-hybridized carbons (Fsp3) is 0.333. The molecule has 1 aliphatic heterocycles. The second-order valence-electron chi connectivity index (χ2n) is 7.24. The van der Waals surface area contributed by atoms with Crippen molar-refractivity contribution < 1.29 is 31.9 Å². The molecule has 1 aromatic carbocycles. The summed E-state index contributed by atoms with van der Waals surface area (Å²) in [4.78, 5) is 12.6. The first-order chi connectivity index (χ1) is 15.3. The summed E-state index contributed by atoms with van der Waals surface area (Å²) in [5.74, 6) is 0.916. The number of benzene rings is 1. The molecule has 4 rings (SSSR count). The normalized spacial score (nSPS) is 17.9. The van der Waals surface area contributed by atoms with Crippen molar-refractivity contribution in [3.8, 4) is 11.5 Å². The lowest BCUT2D eigenvalue weighted by Crippen LogP contribution is -2.35. The monoisotopic (exact) mass is 450 g/mol. The van der Waals surface area contributed by atoms with E-state index < -0.39 is 24.2 Å². The molecule has 0 saturated carbocycles. The average molecular weight is 450 g/mol. The molecule has 0 spiro atoms. The number of alkyl halides is 3. The number of nitrogens with zero attached hydrogens (tertiary/aromatic N) is 2. The van der Waals surface area contributed by atoms with E-state index in [2.05, 4.69) is 15.7 Å². The van der Waals surface area contributed by atoms with Crippen LogP contribution in [-0.4, -0.2) is 36.1 Å². The number of ether oxygens (including phenoxy) is 2. The van der Waals surface area contributed by atoms with Gasteiger partial charge in [0.05, 0.1) is 26.5 Å². The van der Waals surface area contributed by atoms with Crippen molar-refractivity contribution >= 4 is 11.7 Å². The van der Waals surface area contributed by atoms with Crippen LogP contribution in [0, 0.1) is 0 Å². The van der Waals surface area contributed by atoms with Gasteiger partial charge in [-0.25, -0.2) is 4.68 Å². The quantitative estimate of drug-likeness (QED) is 0.588. The number of nitrogens with one attached hydrogen (secondary N) is 2. The van der Waals surface area contributed by atoms with Crippen LogP contribution in [0.5, 0.6) is 11.5 Å². The van der Waals surface area contributed by atoms with Gasteiger partial charge in [0.15, 0.2) is 23.2 Å². The van der Waals surface area contributed by atoms with Gasteiger partial charge >= 0.3 is 6.18 Å². The summed E-state index contributed by atoms with van der Waals surface area (Å²) in [6.07, 6.45) is -3.45. The number of anilines is 1. The summed E-state index contributed by atoms with van der Waals surface area (Å²) in [5.41, 5.74) is 0.603. The lowest BCUT2D eigenvalue weighted by molar-refractivity contribution is -0.174. The minimum absolute atomic E-state index is 0.0937. The highest BCUT2D eigenvalue weighted by Gasteiger charge is 2.47. The second-order valence-corrected chi connectivity index (χ2v) is 7.24. The van der Waals surface area contributed by atoms with E-state index in [0.717, 1.165) is 10.2 Å². The maximum absolute atomic E-state index is 13.7. The molecule has 2 aromatic heterocycles. The summed E-state index contributed by atoms with van der Waals surface area (Å²) >= 11 is 0. The Morgan fingerprint density at radius 3 is 2.69 bits per heavy atom. The second kappa shape index (κ2) is 8.48. The van der Waals surface area contributed by atoms with Gasteiger partial charge in [-0.2, -0.15) is 18.3 Å². The molecule has 2 atom stereocenters. The molecular formula is C21H21F3N4O4. The summed E-state index contributed by atoms with van der Waals surface area (Å²) in [6.45, 7) is 0.131. The molecule has 1 amide bonds. The molecule has 0 fully saturated rings. The van der Waals surface area contributed by atoms with E-state index in [1.165, 1.54) is 26.5 Å². The van der Waals surface area contributed by atoms with Gasteiger partial charge in [-0.1, -0.05) is 6.07 Å². The highest BCUT2D eigenvalue weighted by Crippen LogP contribution is 2.43. The Bertz CT molecular complexity index is 1100. The molecule has 170 valence electrons. The third-order valence-electron chi connectivity index (χ3n) is 5.21. The van der Waals surface area contributed by atoms with Gasteiger partial charge in [-0.15, -0.1) is 0 Å². The van der Waals surface area contributed by atoms with Crippen molar-refractivity contribution in [2.24, 2.45) is 0 Å². The van der Waals surface area contributed by atoms with Crippen molar-refractivity contribution in [2.45, 2.75) is 31.2 Å². The summed E-state index contributed by atoms with van der Waals surface area (Å²) < 4.78 is 57.6. The molecule has 8 nitrogen and oxygen atoms in total. The lowest BCUT2D eigenvalue weighted by Gasteiger charge is -2.32. The number of methoxy groups -OCH3 is 2. The van der Waals surface area contributed by atoms with E-state index in [1.54, 1.807) is 30.3 Å². The van der Waals surface area contributed by atoms with Gasteiger partial charge in [0.25, 0.3) is 5.91 Å². The fourth-order valence-electron chi connectivity index (χ4n) is 3.62. The van der Waals surface area contributed by atoms with Crippen LogP contribution in [0.4, 0.5) is 19.0 Å². The largest absolute Gasteiger partial charge is 0.493 e. The number of amides is 1. The van der Waals surface area contributed by atoms with E-state index >= 15 is 0 Å². The third-order valence-corrected chi connectivity index (χ3v) is 5.21. The molecule has 3 aromatic rings. The Hall–Kier alpha value is -3.63. The Balaban J connectivity index is 1.53. The predicted octanol–water partition coefficient (Wildman–Crippen LogP) is 4.08. The zero-order chi connectivity index (χ0) is 22.9. The first-order valence-corrected chi connectivity index (χ1v) is 9.75. The Labute approximate surface area is 181 Å². The zero-order valence-electron chi connectivity index (χ0n) is 17.3. The molecule has 0 saturated heterocycles. The molecule has 0 unspecified atom stereocenters. The van der Waals surface area contributed by atoms with Crippen LogP contribution < -0.4 is 20.1 Å². The summed E-state index contributed by atoms with van der Waals surface area (Å²) in [5, 5.41) is 9.58. The molecule has 11 heteroatoms. The van der Waals surface area contributed by atoms with Crippen LogP contribution in [-0.2, 0) is 6.54 Å². The van der Waals surface area contributed by atoms with E-state index in [4.69, 9.17) is 13.9 Å². The molecule has 0 bridgehead atoms. The molecule has 2 N–H and O–H groups in total. The number of rotatable bonds is 6. The van der Waals surface area contributed by atoms with Crippen molar-refractivity contribution in [2.75, 3.05) is 19.5 Å². The Morgan fingerprint density at radius 2 is 2.03 bits per heavy atom. The summed E-state index contributed by atoms with van der Waals surface area (Å²) in [7, 11) is 3.01. The molecule has 0 radical (unpaired) electrons. The highest BCUT2D eigenvalue weighted by molar-refractivity contribution is 5.93. The van der Waals surface area contributed by atoms with Crippen LogP contribution in [0.3, 0.4) is 0 Å². The molecule has 3 heterocycles. The van der Waals surface area contributed by atoms with E-state index in [0.29, 0.717) is 17.3 Å². The van der Waals surface area contributed by atoms with Crippen LogP contribution in [0.15, 0.2) is 47.1 Å². The van der Waals surface area contributed by atoms with Gasteiger partial charge in [-0.05, 0) is 29.8 Å². The summed E-state index contributed by atoms with van der Waals surface area (Å²) in [6, 6.07) is 7.08. The standard InChI is InChI=1S/C21H21F3N4O4/c1-30-16-6-5-12(8-17(16)31-2)11-25-20(29)14-10-19-26-13(15-4-3-7-32-15)9-18(21(22,23)24)28(19)27-14/h3-8,10,13,18,26H,9,11H2,1-2H3,(H,25,29)/t13-,18-/m1/s1. The number of hydrogen-bond donors (Lipinski definition) is 2. The van der Waals surface area contributed by atoms with Crippen molar-refractivity contribution in [3.63, 3.8) is 0 Å². The number of halogens is 3. The lowest BCUT2D eigenvalue weighted by atomic mass is 10.0. The minimum atomic E-state index is -4.54. The number of aromatic nitrogens is 2. The van der Waals surface area contributed by atoms with Crippen LogP contribution >= 0.6 is 0 Å². The SMILES string of the molecule is COc1ccc(CNC(=O)c2cc3n(n2)[C@@H](C(F)(F)F)C[C@H](c2ccco2)N3)cc1OC.